The average molecular weight is 275 g/mol. The number of hydrogen-bond donors (Lipinski definition) is 2. The highest BCUT2D eigenvalue weighted by Gasteiger charge is 2.02. The van der Waals surface area contributed by atoms with Gasteiger partial charge in [0, 0.05) is 17.8 Å². The molecule has 3 N–H and O–H groups in total. The molecule has 0 aromatic carbocycles. The van der Waals surface area contributed by atoms with Crippen molar-refractivity contribution in [3.63, 3.8) is 0 Å². The zero-order valence-electron chi connectivity index (χ0n) is 9.88. The highest BCUT2D eigenvalue weighted by Crippen LogP contribution is 2.21. The molecule has 0 atom stereocenters. The number of halogens is 1. The molecule has 96 valence electrons. The summed E-state index contributed by atoms with van der Waals surface area (Å²) < 4.78 is 0.799. The van der Waals surface area contributed by atoms with Gasteiger partial charge in [-0.2, -0.15) is 0 Å². The van der Waals surface area contributed by atoms with Crippen LogP contribution in [-0.2, 0) is 11.2 Å². The van der Waals surface area contributed by atoms with Gasteiger partial charge in [0.2, 0.25) is 5.91 Å². The lowest BCUT2D eigenvalue weighted by atomic mass is 10.2. The number of carbonyl (C=O) groups is 1. The minimum Gasteiger partial charge on any atom is -0.356 e. The maximum Gasteiger partial charge on any atom is 0.220 e. The number of nitrogens with one attached hydrogen (secondary N) is 1. The molecule has 1 aromatic rings. The summed E-state index contributed by atoms with van der Waals surface area (Å²) in [6.07, 6.45) is 4.41. The van der Waals surface area contributed by atoms with Gasteiger partial charge in [-0.15, -0.1) is 11.3 Å². The van der Waals surface area contributed by atoms with Crippen LogP contribution in [0.2, 0.25) is 4.34 Å². The molecule has 0 bridgehead atoms. The van der Waals surface area contributed by atoms with Crippen molar-refractivity contribution in [3.8, 4) is 0 Å². The van der Waals surface area contributed by atoms with Gasteiger partial charge in [0.15, 0.2) is 0 Å². The Morgan fingerprint density at radius 2 is 2.18 bits per heavy atom. The number of rotatable bonds is 8. The Balaban J connectivity index is 2.04. The van der Waals surface area contributed by atoms with Gasteiger partial charge in [0.1, 0.15) is 0 Å². The van der Waals surface area contributed by atoms with Gasteiger partial charge in [-0.05, 0) is 37.9 Å². The minimum absolute atomic E-state index is 0.129. The third-order valence-corrected chi connectivity index (χ3v) is 3.72. The molecule has 0 aliphatic rings. The standard InChI is InChI=1S/C12H19ClN2OS/c13-11-6-5-10(17-11)7-9-15-12(16)4-2-1-3-8-14/h5-6H,1-4,7-9,14H2,(H,15,16). The van der Waals surface area contributed by atoms with E-state index in [2.05, 4.69) is 5.32 Å². The molecule has 0 spiro atoms. The van der Waals surface area contributed by atoms with Gasteiger partial charge < -0.3 is 11.1 Å². The highest BCUT2D eigenvalue weighted by molar-refractivity contribution is 7.16. The molecule has 1 aromatic heterocycles. The van der Waals surface area contributed by atoms with Crippen LogP contribution >= 0.6 is 22.9 Å². The number of carbonyl (C=O) groups excluding carboxylic acids is 1. The number of nitrogens with two attached hydrogens (primary N) is 1. The zero-order chi connectivity index (χ0) is 12.5. The van der Waals surface area contributed by atoms with E-state index in [1.807, 2.05) is 12.1 Å². The van der Waals surface area contributed by atoms with Crippen LogP contribution in [0.5, 0.6) is 0 Å². The predicted octanol–water partition coefficient (Wildman–Crippen LogP) is 2.58. The molecule has 0 fully saturated rings. The normalized spacial score (nSPS) is 10.5. The molecular formula is C12H19ClN2OS. The van der Waals surface area contributed by atoms with Crippen molar-refractivity contribution in [1.82, 2.24) is 5.32 Å². The molecule has 0 radical (unpaired) electrons. The first-order valence-corrected chi connectivity index (χ1v) is 7.13. The van der Waals surface area contributed by atoms with E-state index < -0.39 is 0 Å². The van der Waals surface area contributed by atoms with E-state index in [-0.39, 0.29) is 5.91 Å². The third kappa shape index (κ3) is 6.66. The van der Waals surface area contributed by atoms with Crippen LogP contribution in [0, 0.1) is 0 Å². The Morgan fingerprint density at radius 1 is 1.35 bits per heavy atom. The molecule has 0 aliphatic carbocycles. The van der Waals surface area contributed by atoms with Crippen LogP contribution in [0.15, 0.2) is 12.1 Å². The van der Waals surface area contributed by atoms with Crippen molar-refractivity contribution < 1.29 is 4.79 Å². The summed E-state index contributed by atoms with van der Waals surface area (Å²) in [4.78, 5) is 12.6. The molecule has 1 heterocycles. The topological polar surface area (TPSA) is 55.1 Å². The first-order valence-electron chi connectivity index (χ1n) is 5.93. The van der Waals surface area contributed by atoms with Crippen LogP contribution < -0.4 is 11.1 Å². The van der Waals surface area contributed by atoms with E-state index in [0.29, 0.717) is 19.5 Å². The molecule has 0 saturated heterocycles. The second-order valence-corrected chi connectivity index (χ2v) is 5.70. The van der Waals surface area contributed by atoms with Gasteiger partial charge in [-0.25, -0.2) is 0 Å². The van der Waals surface area contributed by atoms with E-state index >= 15 is 0 Å². The summed E-state index contributed by atoms with van der Waals surface area (Å²) in [5.41, 5.74) is 5.38. The van der Waals surface area contributed by atoms with Crippen LogP contribution in [0.4, 0.5) is 0 Å². The minimum atomic E-state index is 0.129. The van der Waals surface area contributed by atoms with E-state index in [0.717, 1.165) is 30.0 Å². The van der Waals surface area contributed by atoms with Crippen molar-refractivity contribution in [3.05, 3.63) is 21.3 Å². The predicted molar refractivity (Wildman–Crippen MR) is 73.6 cm³/mol. The summed E-state index contributed by atoms with van der Waals surface area (Å²) in [6, 6.07) is 3.89. The van der Waals surface area contributed by atoms with Crippen LogP contribution in [0.3, 0.4) is 0 Å². The maximum atomic E-state index is 11.4. The Labute approximate surface area is 111 Å². The number of thiophene rings is 1. The quantitative estimate of drug-likeness (QED) is 0.716. The fraction of sp³-hybridized carbons (Fsp3) is 0.583. The van der Waals surface area contributed by atoms with Crippen molar-refractivity contribution in [1.29, 1.82) is 0 Å². The van der Waals surface area contributed by atoms with E-state index in [1.165, 1.54) is 4.88 Å². The van der Waals surface area contributed by atoms with Gasteiger partial charge in [-0.3, -0.25) is 4.79 Å². The Kier molecular flexibility index (Phi) is 7.24. The van der Waals surface area contributed by atoms with Crippen molar-refractivity contribution >= 4 is 28.8 Å². The summed E-state index contributed by atoms with van der Waals surface area (Å²) in [7, 11) is 0. The summed E-state index contributed by atoms with van der Waals surface area (Å²) >= 11 is 7.39. The van der Waals surface area contributed by atoms with Gasteiger partial charge in [-0.1, -0.05) is 18.0 Å². The SMILES string of the molecule is NCCCCCC(=O)NCCc1ccc(Cl)s1. The molecule has 5 heteroatoms. The van der Waals surface area contributed by atoms with E-state index in [1.54, 1.807) is 11.3 Å². The first-order chi connectivity index (χ1) is 8.22. The fourth-order valence-electron chi connectivity index (χ4n) is 1.51. The van der Waals surface area contributed by atoms with E-state index in [9.17, 15) is 4.79 Å². The highest BCUT2D eigenvalue weighted by atomic mass is 35.5. The molecule has 1 rings (SSSR count). The average Bonchev–Trinajstić information content (AvgIpc) is 2.71. The van der Waals surface area contributed by atoms with Crippen molar-refractivity contribution in [2.75, 3.05) is 13.1 Å². The van der Waals surface area contributed by atoms with Crippen LogP contribution in [0.25, 0.3) is 0 Å². The smallest absolute Gasteiger partial charge is 0.220 e. The number of amides is 1. The lowest BCUT2D eigenvalue weighted by Gasteiger charge is -2.03. The Hall–Kier alpha value is -0.580. The Bertz CT molecular complexity index is 341. The number of unbranched alkanes of at least 4 members (excludes halogenated alkanes) is 2. The van der Waals surface area contributed by atoms with Crippen molar-refractivity contribution in [2.24, 2.45) is 5.73 Å². The lowest BCUT2D eigenvalue weighted by molar-refractivity contribution is -0.121. The number of hydrogen-bond acceptors (Lipinski definition) is 3. The third-order valence-electron chi connectivity index (χ3n) is 2.43. The lowest BCUT2D eigenvalue weighted by Crippen LogP contribution is -2.25. The van der Waals surface area contributed by atoms with Gasteiger partial charge in [0.05, 0.1) is 4.34 Å². The second kappa shape index (κ2) is 8.50. The van der Waals surface area contributed by atoms with Gasteiger partial charge in [0.25, 0.3) is 0 Å². The second-order valence-electron chi connectivity index (χ2n) is 3.91. The molecule has 17 heavy (non-hydrogen) atoms. The molecule has 1 amide bonds. The Morgan fingerprint density at radius 3 is 2.82 bits per heavy atom. The van der Waals surface area contributed by atoms with E-state index in [4.69, 9.17) is 17.3 Å². The molecule has 0 unspecified atom stereocenters. The van der Waals surface area contributed by atoms with Crippen LogP contribution in [-0.4, -0.2) is 19.0 Å². The summed E-state index contributed by atoms with van der Waals surface area (Å²) in [5, 5.41) is 2.91. The maximum absolute atomic E-state index is 11.4. The summed E-state index contributed by atoms with van der Waals surface area (Å²) in [6.45, 7) is 1.40. The first kappa shape index (κ1) is 14.5. The molecule has 3 nitrogen and oxygen atoms in total. The monoisotopic (exact) mass is 274 g/mol. The van der Waals surface area contributed by atoms with Crippen LogP contribution in [0.1, 0.15) is 30.6 Å². The molecular weight excluding hydrogens is 256 g/mol. The zero-order valence-corrected chi connectivity index (χ0v) is 11.4. The largest absolute Gasteiger partial charge is 0.356 e. The molecule has 0 aliphatic heterocycles. The molecule has 0 saturated carbocycles. The van der Waals surface area contributed by atoms with Gasteiger partial charge >= 0.3 is 0 Å². The van der Waals surface area contributed by atoms with Crippen molar-refractivity contribution in [2.45, 2.75) is 32.1 Å². The summed E-state index contributed by atoms with van der Waals surface area (Å²) in [5.74, 6) is 0.129. The fourth-order valence-corrected chi connectivity index (χ4v) is 2.59.